The summed E-state index contributed by atoms with van der Waals surface area (Å²) in [6.07, 6.45) is 22.7. The summed E-state index contributed by atoms with van der Waals surface area (Å²) in [6.45, 7) is 18.2. The van der Waals surface area contributed by atoms with Crippen LogP contribution in [0.2, 0.25) is 0 Å². The Bertz CT molecular complexity index is 1360. The summed E-state index contributed by atoms with van der Waals surface area (Å²) in [4.78, 5) is 0. The van der Waals surface area contributed by atoms with Crippen LogP contribution >= 0.6 is 15.8 Å². The molecule has 0 saturated heterocycles. The van der Waals surface area contributed by atoms with Crippen LogP contribution in [0, 0.1) is 24.0 Å². The monoisotopic (exact) mass is 870 g/mol. The molecule has 2 unspecified atom stereocenters. The van der Waals surface area contributed by atoms with Gasteiger partial charge in [0.1, 0.15) is 0 Å². The second-order valence-electron chi connectivity index (χ2n) is 12.3. The number of hydrogen-bond donors (Lipinski definition) is 0. The summed E-state index contributed by atoms with van der Waals surface area (Å²) >= 11 is 0. The fourth-order valence-electron chi connectivity index (χ4n) is 5.48. The van der Waals surface area contributed by atoms with E-state index in [0.29, 0.717) is 0 Å². The molecule has 6 heteroatoms. The molecule has 0 heterocycles. The average molecular weight is 874 g/mol. The number of rotatable bonds is 8. The molecule has 0 amide bonds. The van der Waals surface area contributed by atoms with Crippen LogP contribution < -0.4 is 35.4 Å². The van der Waals surface area contributed by atoms with Gasteiger partial charge in [0.05, 0.1) is 0 Å². The van der Waals surface area contributed by atoms with E-state index >= 15 is 0 Å². The summed E-state index contributed by atoms with van der Waals surface area (Å²) in [5.74, 6) is 1.45. The molecule has 0 fully saturated rings. The number of fused-ring (bicyclic) bond motifs is 2. The van der Waals surface area contributed by atoms with Crippen LogP contribution in [0.3, 0.4) is 0 Å². The van der Waals surface area contributed by atoms with Gasteiger partial charge < -0.3 is 24.8 Å². The molecule has 0 aromatic heterocycles. The molecule has 0 spiro atoms. The van der Waals surface area contributed by atoms with Crippen LogP contribution in [0.4, 0.5) is 0 Å². The number of benzene rings is 2. The van der Waals surface area contributed by atoms with Gasteiger partial charge in [0.25, 0.3) is 0 Å². The smallest absolute Gasteiger partial charge is 1.00 e. The van der Waals surface area contributed by atoms with E-state index in [2.05, 4.69) is 164 Å². The zero-order chi connectivity index (χ0) is 31.9. The van der Waals surface area contributed by atoms with Gasteiger partial charge in [0.2, 0.25) is 0 Å². The number of hydrogen-bond acceptors (Lipinski definition) is 0. The SMILES string of the molecule is CCCC(C)C1=[C-]CC=C1.CCCC(C)C1=[C-]CC=C1.CP(C)c1cc2ccccc2[cH-]1.CP(C)c1cc2ccccc2[cH-]1.[Cl-].[Cl-].[Zr+2].[Zr+2]. The minimum Gasteiger partial charge on any atom is -1.00 e. The van der Waals surface area contributed by atoms with Crippen molar-refractivity contribution in [3.05, 3.63) is 120 Å². The topological polar surface area (TPSA) is 0 Å². The van der Waals surface area contributed by atoms with Gasteiger partial charge in [0, 0.05) is 0 Å². The molecule has 4 aromatic rings. The molecule has 2 atom stereocenters. The summed E-state index contributed by atoms with van der Waals surface area (Å²) < 4.78 is 0. The van der Waals surface area contributed by atoms with Crippen molar-refractivity contribution in [2.24, 2.45) is 11.8 Å². The fraction of sp³-hybridized carbons (Fsp3) is 0.381. The van der Waals surface area contributed by atoms with E-state index in [0.717, 1.165) is 24.7 Å². The molecule has 6 rings (SSSR count). The van der Waals surface area contributed by atoms with Crippen molar-refractivity contribution in [3.8, 4) is 0 Å². The van der Waals surface area contributed by atoms with Crippen LogP contribution in [0.25, 0.3) is 21.5 Å². The van der Waals surface area contributed by atoms with E-state index in [9.17, 15) is 0 Å². The van der Waals surface area contributed by atoms with Crippen molar-refractivity contribution in [2.45, 2.75) is 66.2 Å². The van der Waals surface area contributed by atoms with E-state index in [4.69, 9.17) is 0 Å². The van der Waals surface area contributed by atoms with Crippen LogP contribution in [-0.4, -0.2) is 26.7 Å². The second-order valence-corrected chi connectivity index (χ2v) is 16.9. The Kier molecular flexibility index (Phi) is 28.6. The average Bonchev–Trinajstić information content (AvgIpc) is 3.84. The van der Waals surface area contributed by atoms with Gasteiger partial charge in [-0.2, -0.15) is 24.3 Å². The normalized spacial score (nSPS) is 13.6. The quantitative estimate of drug-likeness (QED) is 0.149. The third kappa shape index (κ3) is 16.9. The molecule has 0 saturated carbocycles. The fourth-order valence-corrected chi connectivity index (χ4v) is 7.07. The van der Waals surface area contributed by atoms with Crippen LogP contribution in [0.1, 0.15) is 66.2 Å². The summed E-state index contributed by atoms with van der Waals surface area (Å²) in [7, 11) is 0.115. The van der Waals surface area contributed by atoms with E-state index in [1.165, 1.54) is 69.0 Å². The Morgan fingerprint density at radius 1 is 0.625 bits per heavy atom. The number of allylic oxidation sites excluding steroid dienone is 8. The predicted molar refractivity (Wildman–Crippen MR) is 205 cm³/mol. The van der Waals surface area contributed by atoms with E-state index in [1.54, 1.807) is 0 Å². The molecule has 2 aliphatic rings. The van der Waals surface area contributed by atoms with Gasteiger partial charge in [-0.1, -0.05) is 64.5 Å². The molecule has 0 N–H and O–H groups in total. The van der Waals surface area contributed by atoms with E-state index in [-0.39, 0.29) is 93.1 Å². The van der Waals surface area contributed by atoms with Crippen molar-refractivity contribution in [1.29, 1.82) is 0 Å². The Labute approximate surface area is 347 Å². The first-order valence-electron chi connectivity index (χ1n) is 16.4. The van der Waals surface area contributed by atoms with Crippen molar-refractivity contribution in [3.63, 3.8) is 0 Å². The predicted octanol–water partition coefficient (Wildman–Crippen LogP) is 6.08. The Morgan fingerprint density at radius 3 is 1.25 bits per heavy atom. The molecular weight excluding hydrogens is 820 g/mol. The Hall–Kier alpha value is -0.174. The zero-order valence-electron chi connectivity index (χ0n) is 30.3. The second kappa shape index (κ2) is 27.5. The molecule has 4 aromatic carbocycles. The molecular formula is C42H54Cl2P2Zr2-2. The Morgan fingerprint density at radius 2 is 0.979 bits per heavy atom. The largest absolute Gasteiger partial charge is 2.00 e. The maximum Gasteiger partial charge on any atom is 2.00 e. The first-order chi connectivity index (χ1) is 21.2. The summed E-state index contributed by atoms with van der Waals surface area (Å²) in [6, 6.07) is 26.3. The number of halogens is 2. The Balaban J connectivity index is 0. The van der Waals surface area contributed by atoms with Gasteiger partial charge in [0.15, 0.2) is 0 Å². The van der Waals surface area contributed by atoms with E-state index in [1.807, 2.05) is 0 Å². The van der Waals surface area contributed by atoms with Gasteiger partial charge in [-0.05, 0) is 39.5 Å². The van der Waals surface area contributed by atoms with Crippen molar-refractivity contribution in [2.75, 3.05) is 26.7 Å². The van der Waals surface area contributed by atoms with Gasteiger partial charge >= 0.3 is 52.4 Å². The zero-order valence-corrected chi connectivity index (χ0v) is 38.5. The van der Waals surface area contributed by atoms with Crippen molar-refractivity contribution < 1.29 is 77.2 Å². The molecule has 2 aliphatic carbocycles. The molecule has 0 nitrogen and oxygen atoms in total. The van der Waals surface area contributed by atoms with Crippen molar-refractivity contribution >= 4 is 48.0 Å². The van der Waals surface area contributed by atoms with Crippen LogP contribution in [0.5, 0.6) is 0 Å². The van der Waals surface area contributed by atoms with Crippen molar-refractivity contribution in [1.82, 2.24) is 0 Å². The summed E-state index contributed by atoms with van der Waals surface area (Å²) in [5, 5.41) is 8.53. The van der Waals surface area contributed by atoms with Crippen LogP contribution in [0.15, 0.2) is 108 Å². The maximum absolute atomic E-state index is 3.35. The molecule has 0 radical (unpaired) electrons. The first-order valence-corrected chi connectivity index (χ1v) is 20.9. The molecule has 0 bridgehead atoms. The molecule has 48 heavy (non-hydrogen) atoms. The third-order valence-electron chi connectivity index (χ3n) is 8.19. The minimum absolute atomic E-state index is 0. The molecule has 0 aliphatic heterocycles. The van der Waals surface area contributed by atoms with Crippen LogP contribution in [-0.2, 0) is 52.4 Å². The van der Waals surface area contributed by atoms with Gasteiger partial charge in [-0.25, -0.2) is 23.3 Å². The van der Waals surface area contributed by atoms with E-state index < -0.39 is 0 Å². The third-order valence-corrected chi connectivity index (χ3v) is 10.8. The summed E-state index contributed by atoms with van der Waals surface area (Å²) in [5.41, 5.74) is 2.84. The maximum atomic E-state index is 3.35. The minimum atomic E-state index is 0. The standard InChI is InChI=1S/2C11H12P.2C10H15.2ClH.2Zr/c2*1-12(2)11-7-9-5-3-4-6-10(9)8-11;2*1-3-6-9(2)10-7-4-5-8-10;;;;/h2*3-8H,1-2H3;2*4,7,9H,3,5-6H2,1-2H3;2*1H;;/q4*-1;;;2*+2/p-2. The van der Waals surface area contributed by atoms with Gasteiger partial charge in [-0.15, -0.1) is 109 Å². The molecule has 256 valence electrons. The van der Waals surface area contributed by atoms with Gasteiger partial charge in [-0.3, -0.25) is 12.2 Å². The first kappa shape index (κ1) is 49.9.